The molecule has 1 aromatic rings. The van der Waals surface area contributed by atoms with Crippen LogP contribution in [0.15, 0.2) is 24.3 Å². The van der Waals surface area contributed by atoms with E-state index in [4.69, 9.17) is 5.73 Å². The van der Waals surface area contributed by atoms with Crippen LogP contribution in [0.1, 0.15) is 30.4 Å². The molecule has 0 saturated heterocycles. The second kappa shape index (κ2) is 2.84. The molecule has 15 heavy (non-hydrogen) atoms. The number of aryl methyl sites for hydroxylation is 1. The molecule has 1 fully saturated rings. The van der Waals surface area contributed by atoms with E-state index in [1.54, 1.807) is 0 Å². The maximum atomic E-state index is 11.3. The summed E-state index contributed by atoms with van der Waals surface area (Å²) in [5, 5.41) is 0. The zero-order chi connectivity index (χ0) is 10.5. The number of hydrogen-bond donors (Lipinski definition) is 1. The lowest BCUT2D eigenvalue weighted by Gasteiger charge is -2.26. The van der Waals surface area contributed by atoms with Crippen LogP contribution in [0.4, 0.5) is 0 Å². The average Bonchev–Trinajstić information content (AvgIpc) is 2.95. The van der Waals surface area contributed by atoms with Crippen molar-refractivity contribution in [3.63, 3.8) is 0 Å². The highest BCUT2D eigenvalue weighted by Gasteiger charge is 2.59. The Bertz CT molecular complexity index is 426. The van der Waals surface area contributed by atoms with Gasteiger partial charge in [0, 0.05) is 11.3 Å². The Labute approximate surface area is 89.5 Å². The lowest BCUT2D eigenvalue weighted by Crippen LogP contribution is -2.24. The van der Waals surface area contributed by atoms with Crippen molar-refractivity contribution < 1.29 is 4.79 Å². The molecule has 0 unspecified atom stereocenters. The summed E-state index contributed by atoms with van der Waals surface area (Å²) in [6.07, 6.45) is 4.46. The predicted molar refractivity (Wildman–Crippen MR) is 58.4 cm³/mol. The van der Waals surface area contributed by atoms with Crippen molar-refractivity contribution in [3.8, 4) is 0 Å². The highest BCUT2D eigenvalue weighted by molar-refractivity contribution is 5.83. The lowest BCUT2D eigenvalue weighted by molar-refractivity contribution is -0.119. The van der Waals surface area contributed by atoms with E-state index < -0.39 is 0 Å². The largest absolute Gasteiger partial charge is 0.369 e. The number of carbonyl (C=O) groups is 1. The van der Waals surface area contributed by atoms with Crippen molar-refractivity contribution in [3.05, 3.63) is 35.4 Å². The summed E-state index contributed by atoms with van der Waals surface area (Å²) in [5.41, 5.74) is 8.36. The molecular weight excluding hydrogens is 186 g/mol. The van der Waals surface area contributed by atoms with Crippen LogP contribution in [0, 0.1) is 5.92 Å². The minimum absolute atomic E-state index is 0.0962. The Morgan fingerprint density at radius 2 is 2.20 bits per heavy atom. The van der Waals surface area contributed by atoms with Crippen molar-refractivity contribution in [1.29, 1.82) is 0 Å². The van der Waals surface area contributed by atoms with Crippen molar-refractivity contribution in [2.75, 3.05) is 0 Å². The van der Waals surface area contributed by atoms with Crippen LogP contribution in [0.3, 0.4) is 0 Å². The average molecular weight is 201 g/mol. The summed E-state index contributed by atoms with van der Waals surface area (Å²) in [6, 6.07) is 8.52. The smallest absolute Gasteiger partial charge is 0.221 e. The molecule has 0 aromatic heterocycles. The maximum absolute atomic E-state index is 11.3. The third-order valence-corrected chi connectivity index (χ3v) is 4.04. The normalized spacial score (nSPS) is 32.4. The molecule has 2 heteroatoms. The van der Waals surface area contributed by atoms with Crippen LogP contribution >= 0.6 is 0 Å². The predicted octanol–water partition coefficient (Wildman–Crippen LogP) is 1.77. The minimum atomic E-state index is -0.119. The maximum Gasteiger partial charge on any atom is 0.221 e. The second-order valence-electron chi connectivity index (χ2n) is 4.83. The van der Waals surface area contributed by atoms with Crippen LogP contribution < -0.4 is 5.73 Å². The highest BCUT2D eigenvalue weighted by atomic mass is 16.1. The van der Waals surface area contributed by atoms with Gasteiger partial charge < -0.3 is 5.73 Å². The van der Waals surface area contributed by atoms with Gasteiger partial charge in [-0.25, -0.2) is 0 Å². The molecule has 0 bridgehead atoms. The number of carbonyl (C=O) groups excluding carboxylic acids is 1. The van der Waals surface area contributed by atoms with Gasteiger partial charge in [-0.1, -0.05) is 24.3 Å². The van der Waals surface area contributed by atoms with Crippen molar-refractivity contribution in [1.82, 2.24) is 0 Å². The molecule has 2 atom stereocenters. The summed E-state index contributed by atoms with van der Waals surface area (Å²) in [5.74, 6) is -0.0225. The Morgan fingerprint density at radius 3 is 2.93 bits per heavy atom. The fourth-order valence-electron chi connectivity index (χ4n) is 3.21. The summed E-state index contributed by atoms with van der Waals surface area (Å²) in [4.78, 5) is 11.3. The third-order valence-electron chi connectivity index (χ3n) is 4.04. The molecule has 3 rings (SSSR count). The van der Waals surface area contributed by atoms with Crippen molar-refractivity contribution in [2.45, 2.75) is 31.1 Å². The zero-order valence-electron chi connectivity index (χ0n) is 8.70. The van der Waals surface area contributed by atoms with E-state index in [0.29, 0.717) is 0 Å². The van der Waals surface area contributed by atoms with Crippen molar-refractivity contribution >= 4 is 5.91 Å². The second-order valence-corrected chi connectivity index (χ2v) is 4.83. The van der Waals surface area contributed by atoms with Gasteiger partial charge in [0.2, 0.25) is 5.91 Å². The lowest BCUT2D eigenvalue weighted by atomic mass is 9.78. The Hall–Kier alpha value is -1.31. The van der Waals surface area contributed by atoms with Crippen molar-refractivity contribution in [2.24, 2.45) is 11.7 Å². The number of primary amides is 1. The first-order chi connectivity index (χ1) is 7.24. The molecule has 1 spiro atoms. The first-order valence-electron chi connectivity index (χ1n) is 5.62. The van der Waals surface area contributed by atoms with Crippen LogP contribution in [0.2, 0.25) is 0 Å². The van der Waals surface area contributed by atoms with Gasteiger partial charge in [0.1, 0.15) is 0 Å². The molecule has 78 valence electrons. The van der Waals surface area contributed by atoms with Gasteiger partial charge >= 0.3 is 0 Å². The molecule has 0 aliphatic heterocycles. The molecule has 2 aliphatic carbocycles. The van der Waals surface area contributed by atoms with Crippen LogP contribution in [-0.4, -0.2) is 5.91 Å². The van der Waals surface area contributed by atoms with E-state index in [1.165, 1.54) is 17.5 Å². The molecule has 0 heterocycles. The van der Waals surface area contributed by atoms with Gasteiger partial charge in [-0.05, 0) is 36.8 Å². The summed E-state index contributed by atoms with van der Waals surface area (Å²) in [6.45, 7) is 0. The van der Waals surface area contributed by atoms with Gasteiger partial charge in [-0.3, -0.25) is 4.79 Å². The van der Waals surface area contributed by atoms with Crippen LogP contribution in [-0.2, 0) is 16.6 Å². The van der Waals surface area contributed by atoms with E-state index in [-0.39, 0.29) is 17.2 Å². The van der Waals surface area contributed by atoms with Gasteiger partial charge in [0.05, 0.1) is 0 Å². The number of benzene rings is 1. The Balaban J connectivity index is 2.05. The van der Waals surface area contributed by atoms with Gasteiger partial charge in [0.25, 0.3) is 0 Å². The first kappa shape index (κ1) is 8.96. The molecule has 2 nitrogen and oxygen atoms in total. The zero-order valence-corrected chi connectivity index (χ0v) is 8.70. The fourth-order valence-corrected chi connectivity index (χ4v) is 3.21. The van der Waals surface area contributed by atoms with Gasteiger partial charge in [-0.2, -0.15) is 0 Å². The quantitative estimate of drug-likeness (QED) is 0.739. The van der Waals surface area contributed by atoms with Gasteiger partial charge in [0.15, 0.2) is 0 Å². The van der Waals surface area contributed by atoms with E-state index in [9.17, 15) is 4.79 Å². The number of nitrogens with two attached hydrogens (primary N) is 1. The highest BCUT2D eigenvalue weighted by Crippen LogP contribution is 2.59. The Morgan fingerprint density at radius 1 is 1.40 bits per heavy atom. The summed E-state index contributed by atoms with van der Waals surface area (Å²) >= 11 is 0. The topological polar surface area (TPSA) is 43.1 Å². The molecule has 1 saturated carbocycles. The molecule has 2 aliphatic rings. The number of hydrogen-bond acceptors (Lipinski definition) is 1. The SMILES string of the molecule is NC(=O)[C@H]1C[C@@]12CCCc1ccccc12. The number of fused-ring (bicyclic) bond motifs is 2. The number of rotatable bonds is 1. The summed E-state index contributed by atoms with van der Waals surface area (Å²) in [7, 11) is 0. The van der Waals surface area contributed by atoms with E-state index in [1.807, 2.05) is 0 Å². The molecule has 0 radical (unpaired) electrons. The molecular formula is C13H15NO. The summed E-state index contributed by atoms with van der Waals surface area (Å²) < 4.78 is 0. The minimum Gasteiger partial charge on any atom is -0.369 e. The van der Waals surface area contributed by atoms with Gasteiger partial charge in [-0.15, -0.1) is 0 Å². The standard InChI is InChI=1S/C13H15NO/c14-12(15)11-8-13(11)7-3-5-9-4-1-2-6-10(9)13/h1-2,4,6,11H,3,5,7-8H2,(H2,14,15)/t11-,13-/m1/s1. The molecule has 2 N–H and O–H groups in total. The van der Waals surface area contributed by atoms with Crippen LogP contribution in [0.5, 0.6) is 0 Å². The van der Waals surface area contributed by atoms with Crippen LogP contribution in [0.25, 0.3) is 0 Å². The monoisotopic (exact) mass is 201 g/mol. The van der Waals surface area contributed by atoms with E-state index >= 15 is 0 Å². The van der Waals surface area contributed by atoms with E-state index in [2.05, 4.69) is 24.3 Å². The Kier molecular flexibility index (Phi) is 1.70. The molecule has 1 amide bonds. The molecule has 1 aromatic carbocycles. The fraction of sp³-hybridized carbons (Fsp3) is 0.462. The third kappa shape index (κ3) is 1.14. The number of amides is 1. The first-order valence-corrected chi connectivity index (χ1v) is 5.62. The van der Waals surface area contributed by atoms with E-state index in [0.717, 1.165) is 19.3 Å².